The fourth-order valence-electron chi connectivity index (χ4n) is 3.71. The average molecular weight is 816 g/mol. The van der Waals surface area contributed by atoms with E-state index in [4.69, 9.17) is 39.5 Å². The SMILES string of the molecule is C=S(Cc1cc(=O)[nH][nH]1)c1ccc(Cl)cc1.CCOC(=O)CC(=O)CS(=O)c1ccc(Cl)cc1.CCOC(=O)CC(=O)CSc1ccc(Cl)cc1. The molecule has 0 aliphatic heterocycles. The molecule has 51 heavy (non-hydrogen) atoms. The number of carbonyl (C=O) groups is 4. The number of rotatable bonds is 15. The van der Waals surface area contributed by atoms with Gasteiger partial charge >= 0.3 is 11.9 Å². The molecular formula is C35H37Cl3N2O8S3. The van der Waals surface area contributed by atoms with Crippen LogP contribution >= 0.6 is 57.0 Å². The maximum absolute atomic E-state index is 11.8. The van der Waals surface area contributed by atoms with Crippen LogP contribution in [0, 0.1) is 0 Å². The molecule has 4 rings (SSSR count). The highest BCUT2D eigenvalue weighted by atomic mass is 35.5. The third-order valence-corrected chi connectivity index (χ3v) is 10.8. The summed E-state index contributed by atoms with van der Waals surface area (Å²) in [4.78, 5) is 58.5. The lowest BCUT2D eigenvalue weighted by molar-refractivity contribution is -0.146. The summed E-state index contributed by atoms with van der Waals surface area (Å²) < 4.78 is 21.1. The van der Waals surface area contributed by atoms with Gasteiger partial charge in [-0.2, -0.15) is 10.5 Å². The number of aromatic nitrogens is 2. The maximum Gasteiger partial charge on any atom is 0.313 e. The van der Waals surface area contributed by atoms with Crippen LogP contribution in [0.25, 0.3) is 0 Å². The van der Waals surface area contributed by atoms with Crippen LogP contribution in [0.2, 0.25) is 15.1 Å². The monoisotopic (exact) mass is 814 g/mol. The lowest BCUT2D eigenvalue weighted by atomic mass is 10.3. The van der Waals surface area contributed by atoms with Crippen molar-refractivity contribution >= 4 is 97.2 Å². The Bertz CT molecular complexity index is 1830. The molecule has 274 valence electrons. The number of halogens is 3. The van der Waals surface area contributed by atoms with Crippen LogP contribution in [0.15, 0.2) is 98.3 Å². The van der Waals surface area contributed by atoms with E-state index < -0.39 is 28.5 Å². The summed E-state index contributed by atoms with van der Waals surface area (Å²) in [5.74, 6) is 3.30. The molecule has 0 radical (unpaired) electrons. The van der Waals surface area contributed by atoms with E-state index >= 15 is 0 Å². The van der Waals surface area contributed by atoms with Crippen molar-refractivity contribution in [2.24, 2.45) is 0 Å². The smallest absolute Gasteiger partial charge is 0.313 e. The number of hydrogen-bond donors (Lipinski definition) is 2. The lowest BCUT2D eigenvalue weighted by Crippen LogP contribution is -2.16. The van der Waals surface area contributed by atoms with Gasteiger partial charge in [-0.25, -0.2) is 0 Å². The van der Waals surface area contributed by atoms with Gasteiger partial charge in [0.25, 0.3) is 5.56 Å². The Morgan fingerprint density at radius 3 is 1.67 bits per heavy atom. The predicted octanol–water partition coefficient (Wildman–Crippen LogP) is 7.54. The van der Waals surface area contributed by atoms with E-state index in [1.165, 1.54) is 11.8 Å². The van der Waals surface area contributed by atoms with Gasteiger partial charge in [0.2, 0.25) is 0 Å². The van der Waals surface area contributed by atoms with Crippen LogP contribution in [0.1, 0.15) is 32.4 Å². The van der Waals surface area contributed by atoms with Crippen LogP contribution in [-0.2, 0) is 45.2 Å². The molecule has 2 atom stereocenters. The number of Topliss-reactive ketones (excluding diaryl/α,β-unsaturated/α-hetero) is 2. The highest BCUT2D eigenvalue weighted by molar-refractivity contribution is 8.13. The minimum atomic E-state index is -1.46. The molecule has 4 aromatic rings. The van der Waals surface area contributed by atoms with E-state index in [-0.39, 0.29) is 52.8 Å². The number of nitrogens with one attached hydrogen (secondary N) is 2. The molecule has 0 amide bonds. The number of thioether (sulfide) groups is 1. The molecule has 0 bridgehead atoms. The molecule has 1 aromatic heterocycles. The highest BCUT2D eigenvalue weighted by Crippen LogP contribution is 2.28. The molecule has 0 spiro atoms. The minimum Gasteiger partial charge on any atom is -0.466 e. The van der Waals surface area contributed by atoms with Crippen LogP contribution in [0.4, 0.5) is 0 Å². The molecule has 16 heteroatoms. The van der Waals surface area contributed by atoms with Gasteiger partial charge in [0.05, 0.1) is 35.5 Å². The number of ketones is 2. The fourth-order valence-corrected chi connectivity index (χ4v) is 7.06. The Morgan fingerprint density at radius 1 is 0.725 bits per heavy atom. The van der Waals surface area contributed by atoms with Gasteiger partial charge in [-0.05, 0) is 86.6 Å². The molecule has 1 heterocycles. The Hall–Kier alpha value is -3.46. The van der Waals surface area contributed by atoms with Gasteiger partial charge in [0, 0.05) is 47.3 Å². The van der Waals surface area contributed by atoms with Gasteiger partial charge in [0.1, 0.15) is 12.8 Å². The molecule has 0 aliphatic carbocycles. The standard InChI is InChI=1S/C12H13ClO4S.C12H13ClO3S.C11H11ClN2OS/c1-2-17-12(15)7-10(14)8-18(16)11-5-3-9(13)4-6-11;1-2-16-12(15)7-10(14)8-17-11-5-3-9(13)4-6-11;1-16(7-9-6-11(15)14-13-9)10-4-2-8(12)3-5-10/h3-6H,2,7-8H2,1H3;3-6H,2,7-8H2,1H3;2-6H,1,7H2,(H2,13,14,15). The van der Waals surface area contributed by atoms with Crippen molar-refractivity contribution < 1.29 is 32.9 Å². The molecular weight excluding hydrogens is 779 g/mol. The molecule has 0 fully saturated rings. The summed E-state index contributed by atoms with van der Waals surface area (Å²) >= 11 is 18.6. The zero-order chi connectivity index (χ0) is 37.8. The fraction of sp³-hybridized carbons (Fsp3) is 0.257. The van der Waals surface area contributed by atoms with Crippen molar-refractivity contribution in [2.75, 3.05) is 24.7 Å². The van der Waals surface area contributed by atoms with Crippen molar-refractivity contribution in [1.82, 2.24) is 10.2 Å². The summed E-state index contributed by atoms with van der Waals surface area (Å²) in [6, 6.07) is 22.8. The van der Waals surface area contributed by atoms with Gasteiger partial charge in [-0.1, -0.05) is 40.7 Å². The largest absolute Gasteiger partial charge is 0.466 e. The summed E-state index contributed by atoms with van der Waals surface area (Å²) in [5.41, 5.74) is 0.765. The molecule has 2 unspecified atom stereocenters. The number of benzene rings is 3. The average Bonchev–Trinajstić information content (AvgIpc) is 3.49. The molecule has 10 nitrogen and oxygen atoms in total. The Morgan fingerprint density at radius 2 is 1.20 bits per heavy atom. The van der Waals surface area contributed by atoms with Gasteiger partial charge in [0.15, 0.2) is 11.6 Å². The van der Waals surface area contributed by atoms with Crippen molar-refractivity contribution in [1.29, 1.82) is 0 Å². The number of esters is 2. The second-order valence-electron chi connectivity index (χ2n) is 10.1. The van der Waals surface area contributed by atoms with Crippen LogP contribution in [0.5, 0.6) is 0 Å². The molecule has 0 aliphatic rings. The van der Waals surface area contributed by atoms with E-state index in [0.29, 0.717) is 21.5 Å². The predicted molar refractivity (Wildman–Crippen MR) is 207 cm³/mol. The summed E-state index contributed by atoms with van der Waals surface area (Å²) in [5, 5.41) is 7.24. The van der Waals surface area contributed by atoms with E-state index in [9.17, 15) is 28.2 Å². The minimum absolute atomic E-state index is 0.108. The first-order chi connectivity index (χ1) is 24.3. The maximum atomic E-state index is 11.8. The van der Waals surface area contributed by atoms with Crippen LogP contribution < -0.4 is 5.56 Å². The first-order valence-electron chi connectivity index (χ1n) is 15.2. The summed E-state index contributed by atoms with van der Waals surface area (Å²) in [6.07, 6.45) is -0.498. The quantitative estimate of drug-likeness (QED) is 0.0537. The van der Waals surface area contributed by atoms with E-state index in [2.05, 4.69) is 20.8 Å². The third kappa shape index (κ3) is 18.6. The molecule has 0 saturated heterocycles. The van der Waals surface area contributed by atoms with E-state index in [1.807, 2.05) is 36.4 Å². The second-order valence-corrected chi connectivity index (χ2v) is 15.7. The Labute approximate surface area is 320 Å². The zero-order valence-electron chi connectivity index (χ0n) is 27.8. The first-order valence-corrected chi connectivity index (χ1v) is 20.2. The van der Waals surface area contributed by atoms with Gasteiger partial charge in [-0.3, -0.25) is 33.3 Å². The number of H-pyrrole nitrogens is 2. The normalized spacial score (nSPS) is 11.5. The lowest BCUT2D eigenvalue weighted by Gasteiger charge is -2.05. The first kappa shape index (κ1) is 43.7. The molecule has 0 saturated carbocycles. The van der Waals surface area contributed by atoms with Crippen molar-refractivity contribution in [3.05, 3.63) is 110 Å². The molecule has 3 aromatic carbocycles. The van der Waals surface area contributed by atoms with Gasteiger partial charge < -0.3 is 14.6 Å². The summed E-state index contributed by atoms with van der Waals surface area (Å²) in [7, 11) is -1.64. The van der Waals surface area contributed by atoms with Crippen LogP contribution in [-0.4, -0.2) is 68.5 Å². The zero-order valence-corrected chi connectivity index (χ0v) is 32.5. The second kappa shape index (κ2) is 23.9. The topological polar surface area (TPSA) is 152 Å². The number of ether oxygens (including phenoxy) is 2. The van der Waals surface area contributed by atoms with Crippen molar-refractivity contribution in [2.45, 2.75) is 47.1 Å². The third-order valence-electron chi connectivity index (χ3n) is 6.00. The number of carbonyl (C=O) groups excluding carboxylic acids is 4. The van der Waals surface area contributed by atoms with Crippen LogP contribution in [0.3, 0.4) is 0 Å². The number of aromatic amines is 2. The highest BCUT2D eigenvalue weighted by Gasteiger charge is 2.15. The number of hydrogen-bond acceptors (Lipinski definition) is 9. The van der Waals surface area contributed by atoms with E-state index in [0.717, 1.165) is 26.3 Å². The van der Waals surface area contributed by atoms with E-state index in [1.54, 1.807) is 56.3 Å². The van der Waals surface area contributed by atoms with Crippen molar-refractivity contribution in [3.8, 4) is 0 Å². The van der Waals surface area contributed by atoms with Crippen molar-refractivity contribution in [3.63, 3.8) is 0 Å². The summed E-state index contributed by atoms with van der Waals surface area (Å²) in [6.45, 7) is 3.90. The van der Waals surface area contributed by atoms with Gasteiger partial charge in [-0.15, -0.1) is 11.8 Å². The molecule has 2 N–H and O–H groups in total. The Balaban J connectivity index is 0.000000265. The Kier molecular flexibility index (Phi) is 20.5.